The average Bonchev–Trinajstić information content (AvgIpc) is 2.47. The van der Waals surface area contributed by atoms with Crippen LogP contribution >= 0.6 is 0 Å². The van der Waals surface area contributed by atoms with E-state index in [4.69, 9.17) is 0 Å². The zero-order chi connectivity index (χ0) is 11.5. The smallest absolute Gasteiger partial charge is 0.316 e. The van der Waals surface area contributed by atoms with Crippen LogP contribution in [0.25, 0.3) is 0 Å². The molecule has 0 saturated carbocycles. The third-order valence-electron chi connectivity index (χ3n) is 3.00. The lowest BCUT2D eigenvalue weighted by Gasteiger charge is -2.23. The number of nitrogens with one attached hydrogen (secondary N) is 1. The molecule has 1 heterocycles. The Morgan fingerprint density at radius 1 is 1.33 bits per heavy atom. The van der Waals surface area contributed by atoms with Gasteiger partial charge in [-0.1, -0.05) is 6.92 Å². The van der Waals surface area contributed by atoms with E-state index >= 15 is 0 Å². The maximum absolute atomic E-state index is 12.0. The molecule has 1 aliphatic rings. The molecule has 0 radical (unpaired) electrons. The summed E-state index contributed by atoms with van der Waals surface area (Å²) < 4.78 is 35.9. The lowest BCUT2D eigenvalue weighted by Crippen LogP contribution is -2.32. The van der Waals surface area contributed by atoms with E-state index in [1.165, 1.54) is 0 Å². The molecule has 2 atom stereocenters. The molecule has 1 saturated heterocycles. The standard InChI is InChI=1S/C10H19F3N2/c1-8-5-14-6-9(8)7-15(2)4-3-10(11,12)13/h8-9,14H,3-7H2,1-2H3. The zero-order valence-electron chi connectivity index (χ0n) is 9.27. The van der Waals surface area contributed by atoms with E-state index in [0.717, 1.165) is 19.6 Å². The van der Waals surface area contributed by atoms with Crippen molar-refractivity contribution in [2.75, 3.05) is 33.2 Å². The third-order valence-corrected chi connectivity index (χ3v) is 3.00. The predicted octanol–water partition coefficient (Wildman–Crippen LogP) is 1.73. The monoisotopic (exact) mass is 224 g/mol. The van der Waals surface area contributed by atoms with Crippen LogP contribution in [0, 0.1) is 11.8 Å². The highest BCUT2D eigenvalue weighted by Crippen LogP contribution is 2.21. The van der Waals surface area contributed by atoms with Crippen molar-refractivity contribution in [1.82, 2.24) is 10.2 Å². The Balaban J connectivity index is 2.20. The fourth-order valence-electron chi connectivity index (χ4n) is 1.92. The highest BCUT2D eigenvalue weighted by Gasteiger charge is 2.29. The first-order chi connectivity index (χ1) is 6.88. The number of halogens is 3. The highest BCUT2D eigenvalue weighted by atomic mass is 19.4. The van der Waals surface area contributed by atoms with Crippen molar-refractivity contribution in [2.45, 2.75) is 19.5 Å². The van der Waals surface area contributed by atoms with Crippen molar-refractivity contribution >= 4 is 0 Å². The van der Waals surface area contributed by atoms with Gasteiger partial charge >= 0.3 is 6.18 Å². The van der Waals surface area contributed by atoms with Crippen LogP contribution in [0.4, 0.5) is 13.2 Å². The molecular formula is C10H19F3N2. The lowest BCUT2D eigenvalue weighted by atomic mass is 9.98. The molecule has 15 heavy (non-hydrogen) atoms. The minimum atomic E-state index is -4.03. The summed E-state index contributed by atoms with van der Waals surface area (Å²) in [5.41, 5.74) is 0. The van der Waals surface area contributed by atoms with Crippen LogP contribution in [0.2, 0.25) is 0 Å². The van der Waals surface area contributed by atoms with Crippen molar-refractivity contribution in [3.05, 3.63) is 0 Å². The van der Waals surface area contributed by atoms with Crippen LogP contribution in [-0.4, -0.2) is 44.3 Å². The van der Waals surface area contributed by atoms with E-state index in [1.54, 1.807) is 11.9 Å². The van der Waals surface area contributed by atoms with E-state index in [2.05, 4.69) is 12.2 Å². The molecule has 1 aliphatic heterocycles. The van der Waals surface area contributed by atoms with Gasteiger partial charge in [0, 0.05) is 13.1 Å². The summed E-state index contributed by atoms with van der Waals surface area (Å²) in [6, 6.07) is 0. The summed E-state index contributed by atoms with van der Waals surface area (Å²) in [6.07, 6.45) is -4.74. The van der Waals surface area contributed by atoms with Gasteiger partial charge in [0.15, 0.2) is 0 Å². The van der Waals surface area contributed by atoms with Gasteiger partial charge < -0.3 is 10.2 Å². The second kappa shape index (κ2) is 5.16. The zero-order valence-corrected chi connectivity index (χ0v) is 9.27. The van der Waals surface area contributed by atoms with E-state index in [9.17, 15) is 13.2 Å². The SMILES string of the molecule is CC1CNCC1CN(C)CCC(F)(F)F. The van der Waals surface area contributed by atoms with Crippen LogP contribution in [0.1, 0.15) is 13.3 Å². The number of hydrogen-bond acceptors (Lipinski definition) is 2. The quantitative estimate of drug-likeness (QED) is 0.782. The van der Waals surface area contributed by atoms with E-state index in [1.807, 2.05) is 0 Å². The fourth-order valence-corrected chi connectivity index (χ4v) is 1.92. The molecular weight excluding hydrogens is 205 g/mol. The van der Waals surface area contributed by atoms with Crippen LogP contribution in [0.15, 0.2) is 0 Å². The maximum atomic E-state index is 12.0. The molecule has 5 heteroatoms. The summed E-state index contributed by atoms with van der Waals surface area (Å²) in [5.74, 6) is 1.06. The third kappa shape index (κ3) is 4.84. The first-order valence-electron chi connectivity index (χ1n) is 5.34. The molecule has 0 aromatic carbocycles. The number of nitrogens with zero attached hydrogens (tertiary/aromatic N) is 1. The van der Waals surface area contributed by atoms with Gasteiger partial charge in [-0.3, -0.25) is 0 Å². The van der Waals surface area contributed by atoms with Gasteiger partial charge in [0.05, 0.1) is 6.42 Å². The van der Waals surface area contributed by atoms with Gasteiger partial charge in [-0.05, 0) is 32.0 Å². The van der Waals surface area contributed by atoms with Crippen molar-refractivity contribution in [2.24, 2.45) is 11.8 Å². The minimum absolute atomic E-state index is 0.104. The van der Waals surface area contributed by atoms with Gasteiger partial charge in [-0.2, -0.15) is 13.2 Å². The molecule has 0 aromatic heterocycles. The summed E-state index contributed by atoms with van der Waals surface area (Å²) >= 11 is 0. The molecule has 2 nitrogen and oxygen atoms in total. The summed E-state index contributed by atoms with van der Waals surface area (Å²) in [6.45, 7) is 4.91. The molecule has 2 unspecified atom stereocenters. The molecule has 0 aliphatic carbocycles. The van der Waals surface area contributed by atoms with Gasteiger partial charge in [0.2, 0.25) is 0 Å². The first-order valence-corrected chi connectivity index (χ1v) is 5.34. The predicted molar refractivity (Wildman–Crippen MR) is 53.7 cm³/mol. The lowest BCUT2D eigenvalue weighted by molar-refractivity contribution is -0.137. The molecule has 1 fully saturated rings. The largest absolute Gasteiger partial charge is 0.390 e. The maximum Gasteiger partial charge on any atom is 0.390 e. The van der Waals surface area contributed by atoms with Crippen molar-refractivity contribution in [3.8, 4) is 0 Å². The van der Waals surface area contributed by atoms with Crippen LogP contribution < -0.4 is 5.32 Å². The van der Waals surface area contributed by atoms with Crippen molar-refractivity contribution in [3.63, 3.8) is 0 Å². The summed E-state index contributed by atoms with van der Waals surface area (Å²) in [5, 5.41) is 3.25. The average molecular weight is 224 g/mol. The fraction of sp³-hybridized carbons (Fsp3) is 1.00. The van der Waals surface area contributed by atoms with Gasteiger partial charge in [0.25, 0.3) is 0 Å². The Labute approximate surface area is 88.8 Å². The second-order valence-corrected chi connectivity index (χ2v) is 4.52. The molecule has 0 bridgehead atoms. The van der Waals surface area contributed by atoms with Crippen molar-refractivity contribution in [1.29, 1.82) is 0 Å². The van der Waals surface area contributed by atoms with E-state index in [0.29, 0.717) is 11.8 Å². The Kier molecular flexibility index (Phi) is 4.40. The molecule has 0 spiro atoms. The van der Waals surface area contributed by atoms with E-state index < -0.39 is 12.6 Å². The number of rotatable bonds is 4. The summed E-state index contributed by atoms with van der Waals surface area (Å²) in [7, 11) is 1.76. The molecule has 1 N–H and O–H groups in total. The number of alkyl halides is 3. The minimum Gasteiger partial charge on any atom is -0.316 e. The Hall–Kier alpha value is -0.290. The van der Waals surface area contributed by atoms with E-state index in [-0.39, 0.29) is 6.54 Å². The topological polar surface area (TPSA) is 15.3 Å². The Bertz CT molecular complexity index is 194. The van der Waals surface area contributed by atoms with Crippen LogP contribution in [-0.2, 0) is 0 Å². The first kappa shape index (κ1) is 12.8. The van der Waals surface area contributed by atoms with Crippen LogP contribution in [0.3, 0.4) is 0 Å². The van der Waals surface area contributed by atoms with Gasteiger partial charge in [-0.15, -0.1) is 0 Å². The number of hydrogen-bond donors (Lipinski definition) is 1. The highest BCUT2D eigenvalue weighted by molar-refractivity contribution is 4.80. The summed E-state index contributed by atoms with van der Waals surface area (Å²) in [4.78, 5) is 1.78. The molecule has 90 valence electrons. The normalized spacial score (nSPS) is 27.6. The molecule has 0 aromatic rings. The Morgan fingerprint density at radius 3 is 2.47 bits per heavy atom. The Morgan fingerprint density at radius 2 is 2.00 bits per heavy atom. The molecule has 1 rings (SSSR count). The van der Waals surface area contributed by atoms with Crippen molar-refractivity contribution < 1.29 is 13.2 Å². The second-order valence-electron chi connectivity index (χ2n) is 4.52. The molecule has 0 amide bonds. The van der Waals surface area contributed by atoms with Gasteiger partial charge in [-0.25, -0.2) is 0 Å². The van der Waals surface area contributed by atoms with Crippen LogP contribution in [0.5, 0.6) is 0 Å². The van der Waals surface area contributed by atoms with Gasteiger partial charge in [0.1, 0.15) is 0 Å².